The molecule has 1 amide bonds. The summed E-state index contributed by atoms with van der Waals surface area (Å²) in [5, 5.41) is 2.65. The van der Waals surface area contributed by atoms with Crippen molar-refractivity contribution < 1.29 is 32.6 Å². The third kappa shape index (κ3) is 6.09. The third-order valence-electron chi connectivity index (χ3n) is 2.97. The maximum absolute atomic E-state index is 12.2. The molecule has 0 radical (unpaired) electrons. The van der Waals surface area contributed by atoms with Crippen molar-refractivity contribution >= 4 is 11.9 Å². The van der Waals surface area contributed by atoms with Gasteiger partial charge in [0.25, 0.3) is 5.91 Å². The predicted molar refractivity (Wildman–Crippen MR) is 77.8 cm³/mol. The Labute approximate surface area is 132 Å². The Kier molecular flexibility index (Phi) is 7.24. The monoisotopic (exact) mass is 331 g/mol. The second kappa shape index (κ2) is 8.92. The molecule has 0 aromatic heterocycles. The van der Waals surface area contributed by atoms with Gasteiger partial charge in [0.2, 0.25) is 0 Å². The fourth-order valence-corrected chi connectivity index (χ4v) is 1.62. The molecule has 0 heterocycles. The van der Waals surface area contributed by atoms with Crippen molar-refractivity contribution in [1.82, 2.24) is 5.32 Å². The summed E-state index contributed by atoms with van der Waals surface area (Å²) in [7, 11) is 1.25. The second-order valence-electron chi connectivity index (χ2n) is 4.70. The number of halogens is 2. The number of methoxy groups -OCH3 is 1. The van der Waals surface area contributed by atoms with Crippen molar-refractivity contribution in [2.45, 2.75) is 32.9 Å². The lowest BCUT2D eigenvalue weighted by molar-refractivity contribution is -0.124. The van der Waals surface area contributed by atoms with Gasteiger partial charge in [-0.15, -0.1) is 0 Å². The van der Waals surface area contributed by atoms with Crippen molar-refractivity contribution in [2.75, 3.05) is 13.7 Å². The van der Waals surface area contributed by atoms with Crippen LogP contribution in [0.3, 0.4) is 0 Å². The van der Waals surface area contributed by atoms with Gasteiger partial charge in [-0.1, -0.05) is 6.92 Å². The van der Waals surface area contributed by atoms with Crippen LogP contribution in [-0.2, 0) is 9.53 Å². The molecular weight excluding hydrogens is 312 g/mol. The standard InChI is InChI=1S/C15H19F2NO5/c1-4-9(2)18-13(19)8-22-14(20)10-5-6-11(23-15(16)17)12(7-10)21-3/h5-7,9,15H,4,8H2,1-3H3,(H,18,19)/t9-/m1/s1. The smallest absolute Gasteiger partial charge is 0.387 e. The highest BCUT2D eigenvalue weighted by molar-refractivity contribution is 5.92. The molecule has 0 bridgehead atoms. The zero-order chi connectivity index (χ0) is 17.4. The van der Waals surface area contributed by atoms with E-state index in [2.05, 4.69) is 10.1 Å². The highest BCUT2D eigenvalue weighted by Crippen LogP contribution is 2.29. The zero-order valence-corrected chi connectivity index (χ0v) is 13.1. The number of hydrogen-bond donors (Lipinski definition) is 1. The van der Waals surface area contributed by atoms with Crippen LogP contribution >= 0.6 is 0 Å². The SMILES string of the molecule is CC[C@@H](C)NC(=O)COC(=O)c1ccc(OC(F)F)c(OC)c1. The van der Waals surface area contributed by atoms with Crippen LogP contribution < -0.4 is 14.8 Å². The Bertz CT molecular complexity index is 551. The minimum atomic E-state index is -3.01. The first-order valence-electron chi connectivity index (χ1n) is 6.96. The van der Waals surface area contributed by atoms with E-state index in [1.165, 1.54) is 25.3 Å². The minimum Gasteiger partial charge on any atom is -0.493 e. The van der Waals surface area contributed by atoms with Gasteiger partial charge in [0, 0.05) is 6.04 Å². The Hall–Kier alpha value is -2.38. The second-order valence-corrected chi connectivity index (χ2v) is 4.70. The first-order chi connectivity index (χ1) is 10.9. The first kappa shape index (κ1) is 18.7. The average molecular weight is 331 g/mol. The molecule has 0 saturated carbocycles. The van der Waals surface area contributed by atoms with Crippen molar-refractivity contribution in [3.8, 4) is 11.5 Å². The van der Waals surface area contributed by atoms with E-state index in [0.29, 0.717) is 0 Å². The number of ether oxygens (including phenoxy) is 3. The number of esters is 1. The molecule has 1 aromatic rings. The maximum Gasteiger partial charge on any atom is 0.387 e. The molecular formula is C15H19F2NO5. The van der Waals surface area contributed by atoms with Gasteiger partial charge in [0.1, 0.15) is 0 Å². The van der Waals surface area contributed by atoms with Gasteiger partial charge in [-0.05, 0) is 31.5 Å². The summed E-state index contributed by atoms with van der Waals surface area (Å²) in [5.74, 6) is -1.43. The van der Waals surface area contributed by atoms with Crippen LogP contribution in [0.15, 0.2) is 18.2 Å². The molecule has 0 fully saturated rings. The summed E-state index contributed by atoms with van der Waals surface area (Å²) >= 11 is 0. The molecule has 0 spiro atoms. The van der Waals surface area contributed by atoms with Crippen LogP contribution in [0.4, 0.5) is 8.78 Å². The topological polar surface area (TPSA) is 73.9 Å². The van der Waals surface area contributed by atoms with Gasteiger partial charge < -0.3 is 19.5 Å². The van der Waals surface area contributed by atoms with Crippen LogP contribution in [0.1, 0.15) is 30.6 Å². The lowest BCUT2D eigenvalue weighted by Gasteiger charge is -2.12. The van der Waals surface area contributed by atoms with Gasteiger partial charge in [-0.2, -0.15) is 8.78 Å². The Morgan fingerprint density at radius 1 is 1.26 bits per heavy atom. The maximum atomic E-state index is 12.2. The summed E-state index contributed by atoms with van der Waals surface area (Å²) < 4.78 is 38.4. The fraction of sp³-hybridized carbons (Fsp3) is 0.467. The van der Waals surface area contributed by atoms with Crippen LogP contribution in [0.25, 0.3) is 0 Å². The predicted octanol–water partition coefficient (Wildman–Crippen LogP) is 2.37. The third-order valence-corrected chi connectivity index (χ3v) is 2.97. The molecule has 6 nitrogen and oxygen atoms in total. The lowest BCUT2D eigenvalue weighted by atomic mass is 10.2. The number of alkyl halides is 2. The number of carbonyl (C=O) groups excluding carboxylic acids is 2. The van der Waals surface area contributed by atoms with E-state index in [1.807, 2.05) is 13.8 Å². The summed E-state index contributed by atoms with van der Waals surface area (Å²) in [4.78, 5) is 23.4. The van der Waals surface area contributed by atoms with Crippen molar-refractivity contribution in [1.29, 1.82) is 0 Å². The molecule has 1 rings (SSSR count). The molecule has 0 unspecified atom stereocenters. The Morgan fingerprint density at radius 3 is 2.52 bits per heavy atom. The molecule has 0 aliphatic carbocycles. The van der Waals surface area contributed by atoms with Crippen molar-refractivity contribution in [2.24, 2.45) is 0 Å². The number of benzene rings is 1. The highest BCUT2D eigenvalue weighted by atomic mass is 19.3. The van der Waals surface area contributed by atoms with Gasteiger partial charge in [-0.3, -0.25) is 4.79 Å². The molecule has 1 N–H and O–H groups in total. The molecule has 0 aliphatic heterocycles. The van der Waals surface area contributed by atoms with Crippen LogP contribution in [0.5, 0.6) is 11.5 Å². The Morgan fingerprint density at radius 2 is 1.96 bits per heavy atom. The van der Waals surface area contributed by atoms with Gasteiger partial charge >= 0.3 is 12.6 Å². The van der Waals surface area contributed by atoms with Crippen molar-refractivity contribution in [3.63, 3.8) is 0 Å². The minimum absolute atomic E-state index is 0.0212. The van der Waals surface area contributed by atoms with Crippen LogP contribution in [0, 0.1) is 0 Å². The van der Waals surface area contributed by atoms with E-state index in [9.17, 15) is 18.4 Å². The Balaban J connectivity index is 2.67. The number of hydrogen-bond acceptors (Lipinski definition) is 5. The normalized spacial score (nSPS) is 11.7. The van der Waals surface area contributed by atoms with Gasteiger partial charge in [0.05, 0.1) is 12.7 Å². The molecule has 1 atom stereocenters. The summed E-state index contributed by atoms with van der Waals surface area (Å²) in [6, 6.07) is 3.59. The first-order valence-corrected chi connectivity index (χ1v) is 6.96. The lowest BCUT2D eigenvalue weighted by Crippen LogP contribution is -2.35. The van der Waals surface area contributed by atoms with Crippen LogP contribution in [0.2, 0.25) is 0 Å². The quantitative estimate of drug-likeness (QED) is 0.740. The molecule has 8 heteroatoms. The molecule has 23 heavy (non-hydrogen) atoms. The van der Waals surface area contributed by atoms with E-state index in [0.717, 1.165) is 6.42 Å². The van der Waals surface area contributed by atoms with E-state index in [1.54, 1.807) is 0 Å². The average Bonchev–Trinajstić information content (AvgIpc) is 2.52. The fourth-order valence-electron chi connectivity index (χ4n) is 1.62. The van der Waals surface area contributed by atoms with Crippen molar-refractivity contribution in [3.05, 3.63) is 23.8 Å². The van der Waals surface area contributed by atoms with Gasteiger partial charge in [-0.25, -0.2) is 4.79 Å². The summed E-state index contributed by atoms with van der Waals surface area (Å²) in [5.41, 5.74) is 0.0554. The summed E-state index contributed by atoms with van der Waals surface area (Å²) in [6.45, 7) is 0.297. The number of nitrogens with one attached hydrogen (secondary N) is 1. The largest absolute Gasteiger partial charge is 0.493 e. The molecule has 0 aliphatic rings. The number of amides is 1. The van der Waals surface area contributed by atoms with E-state index >= 15 is 0 Å². The van der Waals surface area contributed by atoms with Gasteiger partial charge in [0.15, 0.2) is 18.1 Å². The number of carbonyl (C=O) groups is 2. The van der Waals surface area contributed by atoms with Crippen LogP contribution in [-0.4, -0.2) is 38.2 Å². The molecule has 1 aromatic carbocycles. The molecule has 128 valence electrons. The zero-order valence-electron chi connectivity index (χ0n) is 13.1. The number of rotatable bonds is 8. The van der Waals surface area contributed by atoms with E-state index in [4.69, 9.17) is 9.47 Å². The van der Waals surface area contributed by atoms with E-state index in [-0.39, 0.29) is 23.1 Å². The van der Waals surface area contributed by atoms with E-state index < -0.39 is 25.1 Å². The highest BCUT2D eigenvalue weighted by Gasteiger charge is 2.16. The molecule has 0 saturated heterocycles. The summed E-state index contributed by atoms with van der Waals surface area (Å²) in [6.07, 6.45) is 0.752.